The van der Waals surface area contributed by atoms with Gasteiger partial charge in [-0.25, -0.2) is 4.98 Å². The predicted molar refractivity (Wildman–Crippen MR) is 77.6 cm³/mol. The Hall–Kier alpha value is -1.72. The maximum atomic E-state index is 11.9. The third kappa shape index (κ3) is 2.73. The largest absolute Gasteiger partial charge is 0.378 e. The third-order valence-corrected chi connectivity index (χ3v) is 3.89. The summed E-state index contributed by atoms with van der Waals surface area (Å²) in [4.78, 5) is 19.2. The lowest BCUT2D eigenvalue weighted by atomic mass is 10.0. The predicted octanol–water partition coefficient (Wildman–Crippen LogP) is 1.44. The fourth-order valence-corrected chi connectivity index (χ4v) is 2.64. The maximum absolute atomic E-state index is 11.9. The summed E-state index contributed by atoms with van der Waals surface area (Å²) in [5, 5.41) is 3.99. The van der Waals surface area contributed by atoms with Crippen LogP contribution in [0.4, 0.5) is 0 Å². The van der Waals surface area contributed by atoms with Crippen LogP contribution in [0.5, 0.6) is 0 Å². The Morgan fingerprint density at radius 3 is 3.10 bits per heavy atom. The van der Waals surface area contributed by atoms with Crippen molar-refractivity contribution in [2.24, 2.45) is 5.92 Å². The molecule has 1 fully saturated rings. The second-order valence-electron chi connectivity index (χ2n) is 5.29. The molecule has 0 bridgehead atoms. The van der Waals surface area contributed by atoms with Crippen LogP contribution in [0.2, 0.25) is 0 Å². The number of nitrogens with zero attached hydrogens (tertiary/aromatic N) is 1. The number of benzene rings is 1. The van der Waals surface area contributed by atoms with Crippen LogP contribution in [0.3, 0.4) is 0 Å². The summed E-state index contributed by atoms with van der Waals surface area (Å²) < 4.78 is 5.53. The highest BCUT2D eigenvalue weighted by atomic mass is 16.5. The van der Waals surface area contributed by atoms with Gasteiger partial charge < -0.3 is 15.0 Å². The lowest BCUT2D eigenvalue weighted by Gasteiger charge is -2.14. The van der Waals surface area contributed by atoms with Crippen molar-refractivity contribution in [1.82, 2.24) is 15.3 Å². The molecule has 2 aromatic rings. The molecule has 20 heavy (non-hydrogen) atoms. The fourth-order valence-electron chi connectivity index (χ4n) is 2.64. The SMILES string of the molecule is CC1OCCC1CNCc1nc2ccccc2c(=O)[nH]1. The van der Waals surface area contributed by atoms with Crippen molar-refractivity contribution in [3.8, 4) is 0 Å². The normalized spacial score (nSPS) is 22.4. The number of para-hydroxylation sites is 1. The van der Waals surface area contributed by atoms with E-state index < -0.39 is 0 Å². The molecule has 2 heterocycles. The molecule has 1 aliphatic heterocycles. The molecule has 1 saturated heterocycles. The van der Waals surface area contributed by atoms with Gasteiger partial charge >= 0.3 is 0 Å². The zero-order valence-corrected chi connectivity index (χ0v) is 11.6. The van der Waals surface area contributed by atoms with E-state index in [4.69, 9.17) is 4.74 Å². The van der Waals surface area contributed by atoms with E-state index in [2.05, 4.69) is 22.2 Å². The van der Waals surface area contributed by atoms with Gasteiger partial charge in [-0.1, -0.05) is 12.1 Å². The van der Waals surface area contributed by atoms with Crippen LogP contribution in [-0.2, 0) is 11.3 Å². The van der Waals surface area contributed by atoms with Gasteiger partial charge in [-0.05, 0) is 31.4 Å². The Bertz CT molecular complexity index is 653. The Morgan fingerprint density at radius 1 is 1.45 bits per heavy atom. The first-order chi connectivity index (χ1) is 9.74. The summed E-state index contributed by atoms with van der Waals surface area (Å²) >= 11 is 0. The smallest absolute Gasteiger partial charge is 0.258 e. The fraction of sp³-hybridized carbons (Fsp3) is 0.467. The molecule has 1 aromatic heterocycles. The van der Waals surface area contributed by atoms with E-state index in [1.165, 1.54) is 0 Å². The number of fused-ring (bicyclic) bond motifs is 1. The molecule has 0 aliphatic carbocycles. The average Bonchev–Trinajstić information content (AvgIpc) is 2.85. The number of hydrogen-bond donors (Lipinski definition) is 2. The Labute approximate surface area is 117 Å². The highest BCUT2D eigenvalue weighted by molar-refractivity contribution is 5.77. The van der Waals surface area contributed by atoms with Crippen molar-refractivity contribution in [2.45, 2.75) is 26.0 Å². The number of hydrogen-bond acceptors (Lipinski definition) is 4. The van der Waals surface area contributed by atoms with Crippen LogP contribution in [0, 0.1) is 5.92 Å². The number of nitrogens with one attached hydrogen (secondary N) is 2. The van der Waals surface area contributed by atoms with Crippen LogP contribution in [0.15, 0.2) is 29.1 Å². The zero-order valence-electron chi connectivity index (χ0n) is 11.6. The summed E-state index contributed by atoms with van der Waals surface area (Å²) in [5.74, 6) is 1.22. The Morgan fingerprint density at radius 2 is 2.30 bits per heavy atom. The molecule has 1 aliphatic rings. The molecular formula is C15H19N3O2. The molecule has 0 saturated carbocycles. The van der Waals surface area contributed by atoms with Crippen molar-refractivity contribution in [3.05, 3.63) is 40.4 Å². The number of ether oxygens (including phenoxy) is 1. The molecule has 0 amide bonds. The summed E-state index contributed by atoms with van der Waals surface area (Å²) in [5.41, 5.74) is 0.663. The number of aromatic amines is 1. The van der Waals surface area contributed by atoms with Gasteiger partial charge in [0.2, 0.25) is 0 Å². The van der Waals surface area contributed by atoms with Crippen LogP contribution < -0.4 is 10.9 Å². The van der Waals surface area contributed by atoms with Crippen LogP contribution in [-0.4, -0.2) is 29.2 Å². The second kappa shape index (κ2) is 5.73. The number of rotatable bonds is 4. The van der Waals surface area contributed by atoms with Gasteiger partial charge in [0.15, 0.2) is 0 Å². The van der Waals surface area contributed by atoms with E-state index >= 15 is 0 Å². The van der Waals surface area contributed by atoms with E-state index in [1.807, 2.05) is 18.2 Å². The van der Waals surface area contributed by atoms with Gasteiger partial charge in [-0.2, -0.15) is 0 Å². The lowest BCUT2D eigenvalue weighted by Crippen LogP contribution is -2.28. The molecular weight excluding hydrogens is 254 g/mol. The molecule has 2 unspecified atom stereocenters. The van der Waals surface area contributed by atoms with Crippen molar-refractivity contribution in [2.75, 3.05) is 13.2 Å². The van der Waals surface area contributed by atoms with Crippen molar-refractivity contribution in [1.29, 1.82) is 0 Å². The van der Waals surface area contributed by atoms with Gasteiger partial charge in [0.05, 0.1) is 23.6 Å². The van der Waals surface area contributed by atoms with Gasteiger partial charge in [0.25, 0.3) is 5.56 Å². The first kappa shape index (κ1) is 13.3. The van der Waals surface area contributed by atoms with Crippen LogP contribution in [0.1, 0.15) is 19.2 Å². The molecule has 5 heteroatoms. The first-order valence-electron chi connectivity index (χ1n) is 7.04. The zero-order chi connectivity index (χ0) is 13.9. The maximum Gasteiger partial charge on any atom is 0.258 e. The summed E-state index contributed by atoms with van der Waals surface area (Å²) in [6.45, 7) is 4.41. The van der Waals surface area contributed by atoms with Gasteiger partial charge in [0, 0.05) is 13.2 Å². The van der Waals surface area contributed by atoms with Gasteiger partial charge in [-0.15, -0.1) is 0 Å². The standard InChI is InChI=1S/C15H19N3O2/c1-10-11(6-7-20-10)8-16-9-14-17-13-5-3-2-4-12(13)15(19)18-14/h2-5,10-11,16H,6-9H2,1H3,(H,17,18,19). The Balaban J connectivity index is 1.67. The van der Waals surface area contributed by atoms with E-state index in [0.29, 0.717) is 29.8 Å². The van der Waals surface area contributed by atoms with E-state index in [9.17, 15) is 4.79 Å². The minimum atomic E-state index is -0.0787. The van der Waals surface area contributed by atoms with Crippen molar-refractivity contribution < 1.29 is 4.74 Å². The second-order valence-corrected chi connectivity index (χ2v) is 5.29. The summed E-state index contributed by atoms with van der Waals surface area (Å²) in [6.07, 6.45) is 1.40. The molecule has 106 valence electrons. The number of aromatic nitrogens is 2. The summed E-state index contributed by atoms with van der Waals surface area (Å²) in [6, 6.07) is 7.39. The molecule has 2 N–H and O–H groups in total. The van der Waals surface area contributed by atoms with E-state index in [-0.39, 0.29) is 5.56 Å². The quantitative estimate of drug-likeness (QED) is 0.884. The van der Waals surface area contributed by atoms with E-state index in [1.54, 1.807) is 6.07 Å². The molecule has 0 spiro atoms. The molecule has 3 rings (SSSR count). The minimum Gasteiger partial charge on any atom is -0.378 e. The van der Waals surface area contributed by atoms with Crippen LogP contribution >= 0.6 is 0 Å². The monoisotopic (exact) mass is 273 g/mol. The topological polar surface area (TPSA) is 67.0 Å². The average molecular weight is 273 g/mol. The van der Waals surface area contributed by atoms with Crippen molar-refractivity contribution in [3.63, 3.8) is 0 Å². The van der Waals surface area contributed by atoms with Crippen molar-refractivity contribution >= 4 is 10.9 Å². The molecule has 1 aromatic carbocycles. The highest BCUT2D eigenvalue weighted by Crippen LogP contribution is 2.19. The molecule has 2 atom stereocenters. The molecule has 0 radical (unpaired) electrons. The van der Waals surface area contributed by atoms with Gasteiger partial charge in [-0.3, -0.25) is 4.79 Å². The first-order valence-corrected chi connectivity index (χ1v) is 7.04. The van der Waals surface area contributed by atoms with Crippen LogP contribution in [0.25, 0.3) is 10.9 Å². The highest BCUT2D eigenvalue weighted by Gasteiger charge is 2.23. The third-order valence-electron chi connectivity index (χ3n) is 3.89. The van der Waals surface area contributed by atoms with Gasteiger partial charge in [0.1, 0.15) is 5.82 Å². The molecule has 5 nitrogen and oxygen atoms in total. The number of H-pyrrole nitrogens is 1. The van der Waals surface area contributed by atoms with E-state index in [0.717, 1.165) is 25.1 Å². The Kier molecular flexibility index (Phi) is 3.80. The summed E-state index contributed by atoms with van der Waals surface area (Å²) in [7, 11) is 0. The lowest BCUT2D eigenvalue weighted by molar-refractivity contribution is 0.105. The minimum absolute atomic E-state index is 0.0787.